The highest BCUT2D eigenvalue weighted by atomic mass is 35.5. The van der Waals surface area contributed by atoms with Crippen molar-refractivity contribution in [2.24, 2.45) is 5.41 Å². The van der Waals surface area contributed by atoms with Crippen molar-refractivity contribution in [2.45, 2.75) is 53.0 Å². The molecule has 1 aromatic heterocycles. The van der Waals surface area contributed by atoms with Gasteiger partial charge >= 0.3 is 0 Å². The van der Waals surface area contributed by atoms with Crippen LogP contribution in [0.4, 0.5) is 5.69 Å². The molecular weight excluding hydrogens is 648 g/mol. The molecule has 2 heterocycles. The summed E-state index contributed by atoms with van der Waals surface area (Å²) in [5.41, 5.74) is 9.69. The van der Waals surface area contributed by atoms with Crippen molar-refractivity contribution in [3.8, 4) is 5.75 Å². The Hall–Kier alpha value is -3.69. The van der Waals surface area contributed by atoms with E-state index in [1.807, 2.05) is 18.2 Å². The minimum atomic E-state index is -4.04. The molecule has 0 saturated carbocycles. The number of nitrogens with zero attached hydrogens (tertiary/aromatic N) is 2. The van der Waals surface area contributed by atoms with Crippen molar-refractivity contribution in [2.75, 3.05) is 17.2 Å². The standard InChI is InChI=1S/C38H37ClN2O4S2/c1-4-40-32-21-29(30-19-27-8-5-6-9-28(27)20-30)10-12-34(32)45-36(40)17-25-16-26(24-38(2,3)23-25)18-37-41(14-7-15-47(42,43)44)33-22-31(39)11-13-35(33)46-37/h5-6,8-13,16-19,21-22H,4,7,14-15,20,23-24H2,1-3H3/p+1. The first-order valence-corrected chi connectivity index (χ1v) is 18.8. The molecule has 0 fully saturated rings. The van der Waals surface area contributed by atoms with E-state index in [1.54, 1.807) is 11.3 Å². The fraction of sp³-hybridized carbons (Fsp3) is 0.289. The Bertz CT molecular complexity index is 2140. The Labute approximate surface area is 285 Å². The molecule has 3 aliphatic rings. The number of fused-ring (bicyclic) bond motifs is 3. The molecule has 47 heavy (non-hydrogen) atoms. The number of halogens is 1. The van der Waals surface area contributed by atoms with Crippen LogP contribution in [-0.4, -0.2) is 25.3 Å². The summed E-state index contributed by atoms with van der Waals surface area (Å²) in [7, 11) is -4.04. The van der Waals surface area contributed by atoms with E-state index in [-0.39, 0.29) is 11.2 Å². The molecule has 0 unspecified atom stereocenters. The average molecular weight is 686 g/mol. The van der Waals surface area contributed by atoms with Gasteiger partial charge in [-0.25, -0.2) is 0 Å². The van der Waals surface area contributed by atoms with Gasteiger partial charge in [0.2, 0.25) is 11.4 Å². The van der Waals surface area contributed by atoms with E-state index in [0.29, 0.717) is 18.0 Å². The number of hydrogen-bond acceptors (Lipinski definition) is 5. The van der Waals surface area contributed by atoms with Crippen LogP contribution in [0.3, 0.4) is 0 Å². The maximum Gasteiger partial charge on any atom is 0.265 e. The predicted molar refractivity (Wildman–Crippen MR) is 193 cm³/mol. The van der Waals surface area contributed by atoms with E-state index in [4.69, 9.17) is 16.3 Å². The molecule has 0 spiro atoms. The number of anilines is 1. The van der Waals surface area contributed by atoms with E-state index in [9.17, 15) is 13.0 Å². The molecule has 0 radical (unpaired) electrons. The molecule has 1 aliphatic heterocycles. The van der Waals surface area contributed by atoms with E-state index in [0.717, 1.165) is 58.4 Å². The highest BCUT2D eigenvalue weighted by Gasteiger charge is 2.30. The maximum atomic E-state index is 11.5. The molecule has 4 aromatic rings. The normalized spacial score (nSPS) is 18.8. The summed E-state index contributed by atoms with van der Waals surface area (Å²) in [4.78, 5) is 2.26. The zero-order valence-corrected chi connectivity index (χ0v) is 29.2. The lowest BCUT2D eigenvalue weighted by Crippen LogP contribution is -2.36. The maximum absolute atomic E-state index is 11.5. The Morgan fingerprint density at radius 2 is 1.89 bits per heavy atom. The van der Waals surface area contributed by atoms with Crippen LogP contribution in [0.5, 0.6) is 5.75 Å². The summed E-state index contributed by atoms with van der Waals surface area (Å²) in [6.45, 7) is 7.97. The second-order valence-corrected chi connectivity index (χ2v) is 16.4. The van der Waals surface area contributed by atoms with E-state index < -0.39 is 10.1 Å². The molecule has 9 heteroatoms. The fourth-order valence-corrected chi connectivity index (χ4v) is 8.83. The predicted octanol–water partition coefficient (Wildman–Crippen LogP) is 9.11. The summed E-state index contributed by atoms with van der Waals surface area (Å²) in [5, 5.41) is 1.64. The molecule has 0 saturated heterocycles. The van der Waals surface area contributed by atoms with Gasteiger partial charge in [0, 0.05) is 36.2 Å². The monoisotopic (exact) mass is 685 g/mol. The first-order chi connectivity index (χ1) is 22.4. The summed E-state index contributed by atoms with van der Waals surface area (Å²) < 4.78 is 41.9. The van der Waals surface area contributed by atoms with Gasteiger partial charge in [-0.3, -0.25) is 4.55 Å². The largest absolute Gasteiger partial charge is 0.439 e. The number of allylic oxidation sites excluding steroid dienone is 5. The average Bonchev–Trinajstić information content (AvgIpc) is 3.68. The van der Waals surface area contributed by atoms with Gasteiger partial charge in [-0.05, 0) is 89.3 Å². The van der Waals surface area contributed by atoms with Crippen LogP contribution in [0.15, 0.2) is 89.8 Å². The summed E-state index contributed by atoms with van der Waals surface area (Å²) in [6.07, 6.45) is 12.0. The van der Waals surface area contributed by atoms with Crippen LogP contribution in [0, 0.1) is 5.41 Å². The van der Waals surface area contributed by atoms with E-state index in [2.05, 4.69) is 97.0 Å². The third-order valence-corrected chi connectivity index (χ3v) is 11.2. The number of thiazole rings is 1. The Kier molecular flexibility index (Phi) is 8.41. The van der Waals surface area contributed by atoms with Crippen LogP contribution in [-0.2, 0) is 23.1 Å². The van der Waals surface area contributed by atoms with Gasteiger partial charge in [-0.2, -0.15) is 13.0 Å². The zero-order chi connectivity index (χ0) is 32.9. The Morgan fingerprint density at radius 1 is 1.06 bits per heavy atom. The topological polar surface area (TPSA) is 70.7 Å². The zero-order valence-electron chi connectivity index (χ0n) is 26.8. The lowest BCUT2D eigenvalue weighted by Gasteiger charge is -2.30. The molecule has 0 bridgehead atoms. The van der Waals surface area contributed by atoms with Gasteiger partial charge in [0.15, 0.2) is 12.3 Å². The van der Waals surface area contributed by atoms with Crippen LogP contribution in [0.2, 0.25) is 5.02 Å². The highest BCUT2D eigenvalue weighted by Crippen LogP contribution is 2.45. The molecule has 0 atom stereocenters. The molecular formula is C38H38ClN2O4S2+. The quantitative estimate of drug-likeness (QED) is 0.148. The lowest BCUT2D eigenvalue weighted by molar-refractivity contribution is -0.668. The van der Waals surface area contributed by atoms with Gasteiger partial charge in [-0.15, -0.1) is 0 Å². The van der Waals surface area contributed by atoms with Crippen molar-refractivity contribution < 1.29 is 22.3 Å². The molecule has 3 aromatic carbocycles. The van der Waals surface area contributed by atoms with Crippen LogP contribution in [0.25, 0.3) is 27.9 Å². The smallest absolute Gasteiger partial charge is 0.265 e. The van der Waals surface area contributed by atoms with E-state index >= 15 is 0 Å². The van der Waals surface area contributed by atoms with Gasteiger partial charge in [0.1, 0.15) is 4.70 Å². The SMILES string of the molecule is CCN1/C(=C/C2=CC(=C\c3sc4ccc(Cl)cc4[n+]3CCCS(=O)(=O)O)/CC(C)(C)C2)Oc2ccc(C3=Cc4ccccc4C3)cc21. The van der Waals surface area contributed by atoms with Crippen molar-refractivity contribution in [1.82, 2.24) is 0 Å². The van der Waals surface area contributed by atoms with Gasteiger partial charge in [0.05, 0.1) is 11.4 Å². The Balaban J connectivity index is 1.20. The lowest BCUT2D eigenvalue weighted by atomic mass is 9.75. The van der Waals surface area contributed by atoms with Crippen molar-refractivity contribution >= 4 is 66.7 Å². The summed E-state index contributed by atoms with van der Waals surface area (Å²) >= 11 is 8.02. The fourth-order valence-electron chi connectivity index (χ4n) is 7.03. The van der Waals surface area contributed by atoms with E-state index in [1.165, 1.54) is 33.4 Å². The third kappa shape index (κ3) is 6.83. The Morgan fingerprint density at radius 3 is 2.68 bits per heavy atom. The van der Waals surface area contributed by atoms with Crippen LogP contribution < -0.4 is 14.2 Å². The number of benzene rings is 3. The molecule has 242 valence electrons. The molecule has 1 N–H and O–H groups in total. The summed E-state index contributed by atoms with van der Waals surface area (Å²) in [6, 6.07) is 20.9. The molecule has 0 amide bonds. The third-order valence-electron chi connectivity index (χ3n) is 9.01. The minimum Gasteiger partial charge on any atom is -0.439 e. The van der Waals surface area contributed by atoms with Crippen LogP contribution >= 0.6 is 22.9 Å². The number of aryl methyl sites for hydroxylation is 1. The number of hydrogen-bond donors (Lipinski definition) is 1. The minimum absolute atomic E-state index is 0.0301. The molecule has 7 rings (SSSR count). The van der Waals surface area contributed by atoms with Crippen molar-refractivity contribution in [3.05, 3.63) is 117 Å². The second-order valence-electron chi connectivity index (χ2n) is 13.4. The first-order valence-electron chi connectivity index (χ1n) is 16.0. The van der Waals surface area contributed by atoms with Crippen LogP contribution in [0.1, 0.15) is 61.7 Å². The number of rotatable bonds is 8. The highest BCUT2D eigenvalue weighted by molar-refractivity contribution is 7.85. The van der Waals surface area contributed by atoms with Crippen molar-refractivity contribution in [1.29, 1.82) is 0 Å². The van der Waals surface area contributed by atoms with Crippen molar-refractivity contribution in [3.63, 3.8) is 0 Å². The van der Waals surface area contributed by atoms with Gasteiger partial charge in [-0.1, -0.05) is 79.3 Å². The molecule has 6 nitrogen and oxygen atoms in total. The number of ether oxygens (including phenoxy) is 1. The van der Waals surface area contributed by atoms with Gasteiger partial charge < -0.3 is 9.64 Å². The summed E-state index contributed by atoms with van der Waals surface area (Å²) in [5.74, 6) is 1.42. The first kappa shape index (κ1) is 31.9. The van der Waals surface area contributed by atoms with Gasteiger partial charge in [0.25, 0.3) is 15.1 Å². The number of aromatic nitrogens is 1. The molecule has 2 aliphatic carbocycles. The second kappa shape index (κ2) is 12.4.